The Morgan fingerprint density at radius 2 is 1.89 bits per heavy atom. The van der Waals surface area contributed by atoms with Gasteiger partial charge in [-0.25, -0.2) is 9.59 Å². The van der Waals surface area contributed by atoms with Gasteiger partial charge in [0.25, 0.3) is 0 Å². The number of hydrogen-bond acceptors (Lipinski definition) is 5. The molecule has 152 valence electrons. The number of carbonyl (C=O) groups is 3. The van der Waals surface area contributed by atoms with Gasteiger partial charge in [0.1, 0.15) is 6.61 Å². The molecule has 2 rings (SSSR count). The van der Waals surface area contributed by atoms with Crippen molar-refractivity contribution < 1.29 is 23.9 Å². The second-order valence-corrected chi connectivity index (χ2v) is 6.36. The molecule has 3 amide bonds. The summed E-state index contributed by atoms with van der Waals surface area (Å²) in [6.07, 6.45) is 0.765. The molecule has 1 aliphatic heterocycles. The molecule has 2 N–H and O–H groups in total. The third kappa shape index (κ3) is 4.89. The lowest BCUT2D eigenvalue weighted by Gasteiger charge is -2.35. The third-order valence-electron chi connectivity index (χ3n) is 4.34. The molecule has 28 heavy (non-hydrogen) atoms. The number of ether oxygens (including phenoxy) is 2. The molecular formula is C20H27N3O5. The van der Waals surface area contributed by atoms with Crippen LogP contribution >= 0.6 is 0 Å². The molecule has 1 unspecified atom stereocenters. The van der Waals surface area contributed by atoms with Crippen LogP contribution in [0.1, 0.15) is 38.8 Å². The second-order valence-electron chi connectivity index (χ2n) is 6.36. The van der Waals surface area contributed by atoms with Gasteiger partial charge in [0.2, 0.25) is 5.91 Å². The molecule has 8 nitrogen and oxygen atoms in total. The number of hydrogen-bond donors (Lipinski definition) is 2. The highest BCUT2D eigenvalue weighted by atomic mass is 16.5. The number of nitrogens with zero attached hydrogens (tertiary/aromatic N) is 1. The molecule has 1 atom stereocenters. The zero-order valence-electron chi connectivity index (χ0n) is 16.7. The number of amides is 3. The first kappa shape index (κ1) is 21.4. The van der Waals surface area contributed by atoms with E-state index in [2.05, 4.69) is 10.6 Å². The summed E-state index contributed by atoms with van der Waals surface area (Å²) in [6, 6.07) is 6.07. The van der Waals surface area contributed by atoms with E-state index in [1.807, 2.05) is 6.92 Å². The number of carbonyl (C=O) groups excluding carboxylic acids is 3. The molecule has 0 radical (unpaired) electrons. The number of benzene rings is 1. The summed E-state index contributed by atoms with van der Waals surface area (Å²) in [5.41, 5.74) is 2.31. The number of anilines is 1. The lowest BCUT2D eigenvalue weighted by Crippen LogP contribution is -2.48. The van der Waals surface area contributed by atoms with Crippen LogP contribution in [0, 0.1) is 0 Å². The van der Waals surface area contributed by atoms with Crippen molar-refractivity contribution in [2.45, 2.75) is 33.2 Å². The van der Waals surface area contributed by atoms with Gasteiger partial charge in [-0.05, 0) is 38.0 Å². The van der Waals surface area contributed by atoms with E-state index in [4.69, 9.17) is 9.47 Å². The van der Waals surface area contributed by atoms with Crippen molar-refractivity contribution in [3.63, 3.8) is 0 Å². The molecule has 0 spiro atoms. The molecule has 0 fully saturated rings. The first-order valence-corrected chi connectivity index (χ1v) is 9.27. The molecule has 1 aliphatic rings. The SMILES string of the molecule is CCCN1C(=O)NC(c2ccc(NC(=O)COC)cc2)C(C(=O)OCC)=C1C. The molecule has 0 aliphatic carbocycles. The largest absolute Gasteiger partial charge is 0.463 e. The van der Waals surface area contributed by atoms with Gasteiger partial charge in [0.05, 0.1) is 18.2 Å². The Labute approximate surface area is 164 Å². The Kier molecular flexibility index (Phi) is 7.57. The van der Waals surface area contributed by atoms with Gasteiger partial charge in [0.15, 0.2) is 0 Å². The summed E-state index contributed by atoms with van der Waals surface area (Å²) in [4.78, 5) is 38.3. The van der Waals surface area contributed by atoms with Gasteiger partial charge in [-0.2, -0.15) is 0 Å². The van der Waals surface area contributed by atoms with E-state index in [9.17, 15) is 14.4 Å². The smallest absolute Gasteiger partial charge is 0.338 e. The molecule has 0 saturated carbocycles. The highest BCUT2D eigenvalue weighted by Gasteiger charge is 2.36. The normalized spacial score (nSPS) is 16.6. The van der Waals surface area contributed by atoms with Crippen molar-refractivity contribution in [1.29, 1.82) is 0 Å². The van der Waals surface area contributed by atoms with Crippen LogP contribution in [0.2, 0.25) is 0 Å². The predicted octanol–water partition coefficient (Wildman–Crippen LogP) is 2.58. The van der Waals surface area contributed by atoms with E-state index in [0.717, 1.165) is 12.0 Å². The summed E-state index contributed by atoms with van der Waals surface area (Å²) in [6.45, 7) is 6.18. The topological polar surface area (TPSA) is 97.0 Å². The molecule has 1 aromatic carbocycles. The number of rotatable bonds is 8. The van der Waals surface area contributed by atoms with E-state index in [1.54, 1.807) is 43.0 Å². The fraction of sp³-hybridized carbons (Fsp3) is 0.450. The van der Waals surface area contributed by atoms with Crippen LogP contribution in [0.5, 0.6) is 0 Å². The van der Waals surface area contributed by atoms with Gasteiger partial charge >= 0.3 is 12.0 Å². The van der Waals surface area contributed by atoms with Crippen LogP contribution in [0.3, 0.4) is 0 Å². The number of methoxy groups -OCH3 is 1. The highest BCUT2D eigenvalue weighted by Crippen LogP contribution is 2.32. The minimum absolute atomic E-state index is 0.0391. The van der Waals surface area contributed by atoms with Crippen LogP contribution in [0.4, 0.5) is 10.5 Å². The average molecular weight is 389 g/mol. The molecule has 0 bridgehead atoms. The summed E-state index contributed by atoms with van der Waals surface area (Å²) >= 11 is 0. The number of allylic oxidation sites excluding steroid dienone is 1. The van der Waals surface area contributed by atoms with E-state index >= 15 is 0 Å². The Balaban J connectivity index is 2.34. The Bertz CT molecular complexity index is 758. The molecule has 1 heterocycles. The molecule has 1 aromatic rings. The van der Waals surface area contributed by atoms with Crippen molar-refractivity contribution in [3.05, 3.63) is 41.1 Å². The van der Waals surface area contributed by atoms with E-state index < -0.39 is 12.0 Å². The number of urea groups is 1. The van der Waals surface area contributed by atoms with Crippen LogP contribution in [0.15, 0.2) is 35.5 Å². The summed E-state index contributed by atoms with van der Waals surface area (Å²) in [7, 11) is 1.45. The Morgan fingerprint density at radius 3 is 2.46 bits per heavy atom. The van der Waals surface area contributed by atoms with Crippen molar-refractivity contribution in [1.82, 2.24) is 10.2 Å². The lowest BCUT2D eigenvalue weighted by atomic mass is 9.94. The van der Waals surface area contributed by atoms with Gasteiger partial charge < -0.3 is 20.1 Å². The highest BCUT2D eigenvalue weighted by molar-refractivity contribution is 5.95. The van der Waals surface area contributed by atoms with Gasteiger partial charge in [-0.1, -0.05) is 19.1 Å². The minimum atomic E-state index is -0.622. The van der Waals surface area contributed by atoms with Crippen molar-refractivity contribution in [3.8, 4) is 0 Å². The first-order valence-electron chi connectivity index (χ1n) is 9.27. The number of nitrogens with one attached hydrogen (secondary N) is 2. The average Bonchev–Trinajstić information content (AvgIpc) is 2.65. The zero-order valence-corrected chi connectivity index (χ0v) is 16.7. The fourth-order valence-corrected chi connectivity index (χ4v) is 3.08. The zero-order chi connectivity index (χ0) is 20.7. The number of esters is 1. The molecule has 8 heteroatoms. The standard InChI is InChI=1S/C20H27N3O5/c1-5-11-23-13(3)17(19(25)28-6-2)18(22-20(23)26)14-7-9-15(10-8-14)21-16(24)12-27-4/h7-10,18H,5-6,11-12H2,1-4H3,(H,21,24)(H,22,26). The van der Waals surface area contributed by atoms with Gasteiger partial charge in [0, 0.05) is 25.0 Å². The van der Waals surface area contributed by atoms with Crippen molar-refractivity contribution in [2.75, 3.05) is 32.2 Å². The molecule has 0 saturated heterocycles. The van der Waals surface area contributed by atoms with Crippen molar-refractivity contribution in [2.24, 2.45) is 0 Å². The van der Waals surface area contributed by atoms with Gasteiger partial charge in [-0.15, -0.1) is 0 Å². The minimum Gasteiger partial charge on any atom is -0.463 e. The summed E-state index contributed by atoms with van der Waals surface area (Å²) in [5.74, 6) is -0.719. The third-order valence-corrected chi connectivity index (χ3v) is 4.34. The fourth-order valence-electron chi connectivity index (χ4n) is 3.08. The maximum Gasteiger partial charge on any atom is 0.338 e. The van der Waals surface area contributed by atoms with Crippen molar-refractivity contribution >= 4 is 23.6 Å². The molecular weight excluding hydrogens is 362 g/mol. The molecule has 0 aromatic heterocycles. The van der Waals surface area contributed by atoms with Crippen LogP contribution < -0.4 is 10.6 Å². The maximum atomic E-state index is 12.6. The van der Waals surface area contributed by atoms with Gasteiger partial charge in [-0.3, -0.25) is 9.69 Å². The van der Waals surface area contributed by atoms with E-state index in [0.29, 0.717) is 23.5 Å². The van der Waals surface area contributed by atoms with E-state index in [-0.39, 0.29) is 25.2 Å². The van der Waals surface area contributed by atoms with E-state index in [1.165, 1.54) is 7.11 Å². The quantitative estimate of drug-likeness (QED) is 0.666. The van der Waals surface area contributed by atoms with Crippen LogP contribution in [0.25, 0.3) is 0 Å². The Hall–Kier alpha value is -2.87. The monoisotopic (exact) mass is 389 g/mol. The first-order chi connectivity index (χ1) is 13.4. The second kappa shape index (κ2) is 9.89. The maximum absolute atomic E-state index is 12.6. The predicted molar refractivity (Wildman–Crippen MR) is 105 cm³/mol. The van der Waals surface area contributed by atoms with Crippen LogP contribution in [-0.2, 0) is 19.1 Å². The van der Waals surface area contributed by atoms with Crippen LogP contribution in [-0.4, -0.2) is 49.7 Å². The summed E-state index contributed by atoms with van der Waals surface area (Å²) in [5, 5.41) is 5.59. The Morgan fingerprint density at radius 1 is 1.21 bits per heavy atom. The summed E-state index contributed by atoms with van der Waals surface area (Å²) < 4.78 is 10.0. The lowest BCUT2D eigenvalue weighted by molar-refractivity contribution is -0.139.